The van der Waals surface area contributed by atoms with Gasteiger partial charge >= 0.3 is 0 Å². The van der Waals surface area contributed by atoms with Gasteiger partial charge in [0, 0.05) is 31.5 Å². The quantitative estimate of drug-likeness (QED) is 0.610. The average Bonchev–Trinajstić information content (AvgIpc) is 2.66. The van der Waals surface area contributed by atoms with Crippen molar-refractivity contribution in [2.45, 2.75) is 33.4 Å². The molecule has 1 amide bonds. The number of ether oxygens (including phenoxy) is 1. The number of hydrogen-bond donors (Lipinski definition) is 3. The Hall–Kier alpha value is -1.40. The van der Waals surface area contributed by atoms with Crippen LogP contribution >= 0.6 is 0 Å². The summed E-state index contributed by atoms with van der Waals surface area (Å²) >= 11 is 0. The molecule has 0 saturated carbocycles. The van der Waals surface area contributed by atoms with Crippen molar-refractivity contribution in [1.29, 1.82) is 0 Å². The SMILES string of the molecule is COCCNC(=O)C(C)NCc1c(C)n[nH]c1C. The summed E-state index contributed by atoms with van der Waals surface area (Å²) in [7, 11) is 1.61. The predicted molar refractivity (Wildman–Crippen MR) is 69.2 cm³/mol. The summed E-state index contributed by atoms with van der Waals surface area (Å²) < 4.78 is 4.87. The van der Waals surface area contributed by atoms with E-state index in [4.69, 9.17) is 4.74 Å². The van der Waals surface area contributed by atoms with Crippen LogP contribution in [-0.2, 0) is 16.1 Å². The van der Waals surface area contributed by atoms with Gasteiger partial charge in [-0.1, -0.05) is 0 Å². The van der Waals surface area contributed by atoms with Gasteiger partial charge in [0.05, 0.1) is 18.3 Å². The molecule has 18 heavy (non-hydrogen) atoms. The topological polar surface area (TPSA) is 79.0 Å². The van der Waals surface area contributed by atoms with Crippen molar-refractivity contribution in [3.8, 4) is 0 Å². The third kappa shape index (κ3) is 4.12. The Morgan fingerprint density at radius 1 is 1.50 bits per heavy atom. The first-order valence-corrected chi connectivity index (χ1v) is 6.06. The van der Waals surface area contributed by atoms with Crippen LogP contribution in [0.3, 0.4) is 0 Å². The molecular formula is C12H22N4O2. The van der Waals surface area contributed by atoms with Crippen molar-refractivity contribution in [3.05, 3.63) is 17.0 Å². The molecule has 1 heterocycles. The standard InChI is InChI=1S/C12H22N4O2/c1-8-11(9(2)16-15-8)7-14-10(3)12(17)13-5-6-18-4/h10,14H,5-7H2,1-4H3,(H,13,17)(H,15,16). The Bertz CT molecular complexity index is 370. The summed E-state index contributed by atoms with van der Waals surface area (Å²) in [5, 5.41) is 13.0. The lowest BCUT2D eigenvalue weighted by Crippen LogP contribution is -2.42. The van der Waals surface area contributed by atoms with Gasteiger partial charge in [0.2, 0.25) is 5.91 Å². The highest BCUT2D eigenvalue weighted by molar-refractivity contribution is 5.81. The Labute approximate surface area is 107 Å². The number of aromatic amines is 1. The van der Waals surface area contributed by atoms with Crippen LogP contribution in [0.4, 0.5) is 0 Å². The minimum atomic E-state index is -0.240. The molecule has 0 aliphatic heterocycles. The molecule has 6 nitrogen and oxygen atoms in total. The van der Waals surface area contributed by atoms with Gasteiger partial charge < -0.3 is 15.4 Å². The highest BCUT2D eigenvalue weighted by Crippen LogP contribution is 2.08. The van der Waals surface area contributed by atoms with Crippen molar-refractivity contribution in [1.82, 2.24) is 20.8 Å². The molecule has 6 heteroatoms. The Morgan fingerprint density at radius 3 is 2.78 bits per heavy atom. The molecule has 0 aliphatic carbocycles. The summed E-state index contributed by atoms with van der Waals surface area (Å²) in [5.74, 6) is -0.0224. The Morgan fingerprint density at radius 2 is 2.22 bits per heavy atom. The zero-order valence-corrected chi connectivity index (χ0v) is 11.5. The second-order valence-corrected chi connectivity index (χ2v) is 4.30. The molecule has 1 aromatic rings. The predicted octanol–water partition coefficient (Wildman–Crippen LogP) is 0.267. The van der Waals surface area contributed by atoms with Gasteiger partial charge in [-0.25, -0.2) is 0 Å². The molecule has 102 valence electrons. The molecular weight excluding hydrogens is 232 g/mol. The van der Waals surface area contributed by atoms with Gasteiger partial charge in [-0.05, 0) is 20.8 Å². The lowest BCUT2D eigenvalue weighted by atomic mass is 10.2. The highest BCUT2D eigenvalue weighted by Gasteiger charge is 2.13. The monoisotopic (exact) mass is 254 g/mol. The summed E-state index contributed by atoms with van der Waals surface area (Å²) in [4.78, 5) is 11.7. The molecule has 0 bridgehead atoms. The van der Waals surface area contributed by atoms with Crippen molar-refractivity contribution >= 4 is 5.91 Å². The summed E-state index contributed by atoms with van der Waals surface area (Å²) in [6.07, 6.45) is 0. The fraction of sp³-hybridized carbons (Fsp3) is 0.667. The fourth-order valence-electron chi connectivity index (χ4n) is 1.61. The lowest BCUT2D eigenvalue weighted by Gasteiger charge is -2.14. The van der Waals surface area contributed by atoms with E-state index in [9.17, 15) is 4.79 Å². The van der Waals surface area contributed by atoms with Crippen LogP contribution in [-0.4, -0.2) is 42.4 Å². The minimum absolute atomic E-state index is 0.0224. The number of nitrogens with zero attached hydrogens (tertiary/aromatic N) is 1. The Balaban J connectivity index is 2.36. The van der Waals surface area contributed by atoms with E-state index in [0.717, 1.165) is 17.0 Å². The van der Waals surface area contributed by atoms with Crippen LogP contribution in [0.15, 0.2) is 0 Å². The first kappa shape index (κ1) is 14.7. The zero-order chi connectivity index (χ0) is 13.5. The van der Waals surface area contributed by atoms with Crippen molar-refractivity contribution < 1.29 is 9.53 Å². The van der Waals surface area contributed by atoms with Crippen LogP contribution in [0.25, 0.3) is 0 Å². The van der Waals surface area contributed by atoms with E-state index < -0.39 is 0 Å². The third-order valence-electron chi connectivity index (χ3n) is 2.86. The smallest absolute Gasteiger partial charge is 0.236 e. The van der Waals surface area contributed by atoms with Gasteiger partial charge in [0.1, 0.15) is 0 Å². The van der Waals surface area contributed by atoms with Crippen LogP contribution in [0.1, 0.15) is 23.9 Å². The number of carbonyl (C=O) groups excluding carboxylic acids is 1. The number of carbonyl (C=O) groups is 1. The van der Waals surface area contributed by atoms with Crippen LogP contribution in [0.2, 0.25) is 0 Å². The first-order chi connectivity index (χ1) is 8.56. The van der Waals surface area contributed by atoms with Gasteiger partial charge in [0.15, 0.2) is 0 Å². The summed E-state index contributed by atoms with van der Waals surface area (Å²) in [5.41, 5.74) is 3.12. The molecule has 3 N–H and O–H groups in total. The zero-order valence-electron chi connectivity index (χ0n) is 11.5. The van der Waals surface area contributed by atoms with Crippen molar-refractivity contribution in [3.63, 3.8) is 0 Å². The van der Waals surface area contributed by atoms with Crippen LogP contribution in [0, 0.1) is 13.8 Å². The lowest BCUT2D eigenvalue weighted by molar-refractivity contribution is -0.122. The van der Waals surface area contributed by atoms with E-state index in [1.54, 1.807) is 7.11 Å². The number of methoxy groups -OCH3 is 1. The minimum Gasteiger partial charge on any atom is -0.383 e. The molecule has 1 atom stereocenters. The number of amides is 1. The van der Waals surface area contributed by atoms with Gasteiger partial charge in [-0.3, -0.25) is 9.89 Å². The highest BCUT2D eigenvalue weighted by atomic mass is 16.5. The van der Waals surface area contributed by atoms with Crippen LogP contribution < -0.4 is 10.6 Å². The maximum Gasteiger partial charge on any atom is 0.236 e. The number of aromatic nitrogens is 2. The summed E-state index contributed by atoms with van der Waals surface area (Å²) in [6, 6.07) is -0.240. The first-order valence-electron chi connectivity index (χ1n) is 6.06. The Kier molecular flexibility index (Phi) is 5.80. The number of hydrogen-bond acceptors (Lipinski definition) is 4. The maximum atomic E-state index is 11.7. The number of rotatable bonds is 7. The van der Waals surface area contributed by atoms with Crippen molar-refractivity contribution in [2.75, 3.05) is 20.3 Å². The van der Waals surface area contributed by atoms with E-state index in [1.165, 1.54) is 0 Å². The number of aryl methyl sites for hydroxylation is 2. The normalized spacial score (nSPS) is 12.4. The van der Waals surface area contributed by atoms with E-state index in [2.05, 4.69) is 20.8 Å². The molecule has 0 radical (unpaired) electrons. The molecule has 0 aromatic carbocycles. The van der Waals surface area contributed by atoms with Crippen molar-refractivity contribution in [2.24, 2.45) is 0 Å². The third-order valence-corrected chi connectivity index (χ3v) is 2.86. The molecule has 1 aromatic heterocycles. The van der Waals surface area contributed by atoms with E-state index in [0.29, 0.717) is 19.7 Å². The number of nitrogens with one attached hydrogen (secondary N) is 3. The van der Waals surface area contributed by atoms with E-state index >= 15 is 0 Å². The second kappa shape index (κ2) is 7.13. The molecule has 0 fully saturated rings. The van der Waals surface area contributed by atoms with E-state index in [-0.39, 0.29) is 11.9 Å². The average molecular weight is 254 g/mol. The molecule has 1 rings (SSSR count). The van der Waals surface area contributed by atoms with Gasteiger partial charge in [-0.15, -0.1) is 0 Å². The van der Waals surface area contributed by atoms with E-state index in [1.807, 2.05) is 20.8 Å². The fourth-order valence-corrected chi connectivity index (χ4v) is 1.61. The van der Waals surface area contributed by atoms with Gasteiger partial charge in [-0.2, -0.15) is 5.10 Å². The van der Waals surface area contributed by atoms with Gasteiger partial charge in [0.25, 0.3) is 0 Å². The molecule has 0 saturated heterocycles. The largest absolute Gasteiger partial charge is 0.383 e. The molecule has 0 spiro atoms. The molecule has 1 unspecified atom stereocenters. The van der Waals surface area contributed by atoms with Crippen LogP contribution in [0.5, 0.6) is 0 Å². The maximum absolute atomic E-state index is 11.7. The molecule has 0 aliphatic rings. The summed E-state index contributed by atoms with van der Waals surface area (Å²) in [6.45, 7) is 7.45. The second-order valence-electron chi connectivity index (χ2n) is 4.30. The number of H-pyrrole nitrogens is 1.